The highest BCUT2D eigenvalue weighted by Crippen LogP contribution is 2.29. The van der Waals surface area contributed by atoms with E-state index in [2.05, 4.69) is 10.3 Å². The Morgan fingerprint density at radius 3 is 2.68 bits per heavy atom. The van der Waals surface area contributed by atoms with Gasteiger partial charge in [0.1, 0.15) is 4.83 Å². The van der Waals surface area contributed by atoms with Crippen LogP contribution in [0.3, 0.4) is 0 Å². The lowest BCUT2D eigenvalue weighted by Crippen LogP contribution is -2.39. The number of thiophene rings is 1. The van der Waals surface area contributed by atoms with Crippen LogP contribution in [0.15, 0.2) is 9.95 Å². The van der Waals surface area contributed by atoms with E-state index in [-0.39, 0.29) is 5.56 Å². The van der Waals surface area contributed by atoms with Crippen LogP contribution >= 0.6 is 23.1 Å². The quantitative estimate of drug-likeness (QED) is 0.590. The van der Waals surface area contributed by atoms with Gasteiger partial charge in [-0.15, -0.1) is 11.3 Å². The van der Waals surface area contributed by atoms with Gasteiger partial charge in [0, 0.05) is 11.4 Å². The number of imide groups is 1. The van der Waals surface area contributed by atoms with E-state index >= 15 is 0 Å². The summed E-state index contributed by atoms with van der Waals surface area (Å²) in [5.74, 6) is -0.507. The summed E-state index contributed by atoms with van der Waals surface area (Å²) in [4.78, 5) is 42.1. The molecule has 1 atom stereocenters. The summed E-state index contributed by atoms with van der Waals surface area (Å²) >= 11 is 2.63. The lowest BCUT2D eigenvalue weighted by atomic mass is 10.2. The molecule has 7 nitrogen and oxygen atoms in total. The minimum absolute atomic E-state index is 0.0784. The predicted octanol–water partition coefficient (Wildman–Crippen LogP) is 2.55. The Labute approximate surface area is 154 Å². The molecule has 3 N–H and O–H groups in total. The Hall–Kier alpha value is -1.87. The van der Waals surface area contributed by atoms with Crippen molar-refractivity contribution in [3.8, 4) is 0 Å². The molecule has 9 heteroatoms. The first-order valence-corrected chi connectivity index (χ1v) is 9.73. The summed E-state index contributed by atoms with van der Waals surface area (Å²) in [5, 5.41) is 2.59. The van der Waals surface area contributed by atoms with Crippen molar-refractivity contribution in [1.82, 2.24) is 14.9 Å². The van der Waals surface area contributed by atoms with Gasteiger partial charge in [-0.3, -0.25) is 19.5 Å². The third-order valence-electron chi connectivity index (χ3n) is 3.89. The van der Waals surface area contributed by atoms with E-state index in [0.29, 0.717) is 21.9 Å². The van der Waals surface area contributed by atoms with Crippen LogP contribution in [-0.4, -0.2) is 26.7 Å². The lowest BCUT2D eigenvalue weighted by Gasteiger charge is -2.15. The first-order valence-electron chi connectivity index (χ1n) is 8.03. The Bertz CT molecular complexity index is 872. The first-order chi connectivity index (χ1) is 11.8. The number of urea groups is 1. The van der Waals surface area contributed by atoms with Crippen molar-refractivity contribution in [2.24, 2.45) is 5.73 Å². The number of hydrogen-bond donors (Lipinski definition) is 2. The van der Waals surface area contributed by atoms with Crippen LogP contribution in [0.4, 0.5) is 4.79 Å². The molecule has 0 aliphatic carbocycles. The van der Waals surface area contributed by atoms with Crippen molar-refractivity contribution < 1.29 is 9.59 Å². The maximum atomic E-state index is 13.0. The number of rotatable bonds is 6. The van der Waals surface area contributed by atoms with Gasteiger partial charge in [0.15, 0.2) is 5.16 Å². The zero-order valence-corrected chi connectivity index (χ0v) is 16.3. The highest BCUT2D eigenvalue weighted by Gasteiger charge is 2.22. The fourth-order valence-corrected chi connectivity index (χ4v) is 4.35. The minimum atomic E-state index is -0.895. The number of fused-ring (bicyclic) bond motifs is 1. The van der Waals surface area contributed by atoms with E-state index in [9.17, 15) is 14.4 Å². The molecular formula is C16H22N4O3S2. The van der Waals surface area contributed by atoms with Crippen LogP contribution in [0.25, 0.3) is 10.2 Å². The number of aryl methyl sites for hydroxylation is 2. The predicted molar refractivity (Wildman–Crippen MR) is 101 cm³/mol. The van der Waals surface area contributed by atoms with Crippen molar-refractivity contribution in [1.29, 1.82) is 0 Å². The topological polar surface area (TPSA) is 107 Å². The Morgan fingerprint density at radius 2 is 2.08 bits per heavy atom. The molecule has 136 valence electrons. The number of carbonyl (C=O) groups excluding carboxylic acids is 2. The molecule has 0 bridgehead atoms. The van der Waals surface area contributed by atoms with E-state index in [4.69, 9.17) is 5.73 Å². The second-order valence-electron chi connectivity index (χ2n) is 5.78. The number of carbonyl (C=O) groups is 2. The fourth-order valence-electron chi connectivity index (χ4n) is 2.35. The smallest absolute Gasteiger partial charge is 0.318 e. The third kappa shape index (κ3) is 4.21. The highest BCUT2D eigenvalue weighted by atomic mass is 32.2. The second kappa shape index (κ2) is 8.01. The number of primary amides is 1. The minimum Gasteiger partial charge on any atom is -0.351 e. The molecule has 0 fully saturated rings. The molecular weight excluding hydrogens is 360 g/mol. The van der Waals surface area contributed by atoms with Crippen LogP contribution in [-0.2, 0) is 11.3 Å². The maximum Gasteiger partial charge on any atom is 0.318 e. The summed E-state index contributed by atoms with van der Waals surface area (Å²) in [6.45, 7) is 8.13. The van der Waals surface area contributed by atoms with Crippen LogP contribution in [0.5, 0.6) is 0 Å². The van der Waals surface area contributed by atoms with Gasteiger partial charge in [0.2, 0.25) is 5.91 Å². The SMILES string of the molecule is CCCCn1c(SC(C)C(=O)NC(N)=O)nc2sc(C)c(C)c2c1=O. The number of unbranched alkanes of at least 4 members (excludes halogenated alkanes) is 1. The van der Waals surface area contributed by atoms with Gasteiger partial charge in [-0.25, -0.2) is 9.78 Å². The van der Waals surface area contributed by atoms with Crippen molar-refractivity contribution in [3.05, 3.63) is 20.8 Å². The molecule has 25 heavy (non-hydrogen) atoms. The van der Waals surface area contributed by atoms with Gasteiger partial charge in [0.05, 0.1) is 10.6 Å². The molecule has 0 aromatic carbocycles. The number of aromatic nitrogens is 2. The molecule has 0 aliphatic heterocycles. The average Bonchev–Trinajstić information content (AvgIpc) is 2.81. The zero-order chi connectivity index (χ0) is 18.7. The van der Waals surface area contributed by atoms with Crippen molar-refractivity contribution in [2.75, 3.05) is 0 Å². The molecule has 2 aromatic heterocycles. The van der Waals surface area contributed by atoms with Crippen molar-refractivity contribution in [3.63, 3.8) is 0 Å². The fraction of sp³-hybridized carbons (Fsp3) is 0.500. The normalized spacial score (nSPS) is 12.3. The van der Waals surface area contributed by atoms with Gasteiger partial charge >= 0.3 is 6.03 Å². The number of amides is 3. The highest BCUT2D eigenvalue weighted by molar-refractivity contribution is 8.00. The maximum absolute atomic E-state index is 13.0. The summed E-state index contributed by atoms with van der Waals surface area (Å²) in [5.41, 5.74) is 5.87. The van der Waals surface area contributed by atoms with Crippen molar-refractivity contribution in [2.45, 2.75) is 57.5 Å². The molecule has 0 radical (unpaired) electrons. The van der Waals surface area contributed by atoms with E-state index in [1.54, 1.807) is 11.5 Å². The van der Waals surface area contributed by atoms with Crippen LogP contribution in [0, 0.1) is 13.8 Å². The van der Waals surface area contributed by atoms with E-state index < -0.39 is 17.2 Å². The lowest BCUT2D eigenvalue weighted by molar-refractivity contribution is -0.119. The second-order valence-corrected chi connectivity index (χ2v) is 8.29. The van der Waals surface area contributed by atoms with Gasteiger partial charge in [0.25, 0.3) is 5.56 Å². The first kappa shape index (κ1) is 19.5. The zero-order valence-electron chi connectivity index (χ0n) is 14.7. The largest absolute Gasteiger partial charge is 0.351 e. The monoisotopic (exact) mass is 382 g/mol. The molecule has 0 saturated carbocycles. The molecule has 3 amide bonds. The number of nitrogens with zero attached hydrogens (tertiary/aromatic N) is 2. The van der Waals surface area contributed by atoms with Crippen LogP contribution in [0.1, 0.15) is 37.1 Å². The molecule has 0 saturated heterocycles. The Morgan fingerprint density at radius 1 is 1.40 bits per heavy atom. The molecule has 2 aromatic rings. The molecule has 0 aliphatic rings. The average molecular weight is 383 g/mol. The number of thioether (sulfide) groups is 1. The van der Waals surface area contributed by atoms with Gasteiger partial charge in [-0.05, 0) is 32.8 Å². The summed E-state index contributed by atoms with van der Waals surface area (Å²) in [6, 6.07) is -0.895. The van der Waals surface area contributed by atoms with Crippen LogP contribution < -0.4 is 16.6 Å². The Balaban J connectivity index is 2.48. The van der Waals surface area contributed by atoms with Crippen LogP contribution in [0.2, 0.25) is 0 Å². The Kier molecular flexibility index (Phi) is 6.23. The molecule has 2 rings (SSSR count). The van der Waals surface area contributed by atoms with E-state index in [0.717, 1.165) is 35.0 Å². The summed E-state index contributed by atoms with van der Waals surface area (Å²) in [6.07, 6.45) is 1.78. The van der Waals surface area contributed by atoms with Gasteiger partial charge in [-0.2, -0.15) is 0 Å². The summed E-state index contributed by atoms with van der Waals surface area (Å²) in [7, 11) is 0. The van der Waals surface area contributed by atoms with E-state index in [1.807, 2.05) is 20.8 Å². The molecule has 1 unspecified atom stereocenters. The molecule has 0 spiro atoms. The summed E-state index contributed by atoms with van der Waals surface area (Å²) < 4.78 is 1.63. The standard InChI is InChI=1S/C16H22N4O3S2/c1-5-6-7-20-14(22)11-8(2)9(3)24-13(11)19-16(20)25-10(4)12(21)18-15(17)23/h10H,5-7H2,1-4H3,(H3,17,18,21,23). The number of nitrogens with one attached hydrogen (secondary N) is 1. The third-order valence-corrected chi connectivity index (χ3v) is 6.08. The van der Waals surface area contributed by atoms with E-state index in [1.165, 1.54) is 11.3 Å². The van der Waals surface area contributed by atoms with Crippen molar-refractivity contribution >= 4 is 45.3 Å². The number of hydrogen-bond acceptors (Lipinski definition) is 6. The van der Waals surface area contributed by atoms with Gasteiger partial charge in [-0.1, -0.05) is 25.1 Å². The molecule has 2 heterocycles. The van der Waals surface area contributed by atoms with Gasteiger partial charge < -0.3 is 5.73 Å². The number of nitrogens with two attached hydrogens (primary N) is 1.